The second kappa shape index (κ2) is 7.84. The molecule has 0 bridgehead atoms. The van der Waals surface area contributed by atoms with E-state index in [-0.39, 0.29) is 0 Å². The Morgan fingerprint density at radius 2 is 1.77 bits per heavy atom. The Morgan fingerprint density at radius 3 is 2.43 bits per heavy atom. The number of hydrogen-bond donors (Lipinski definition) is 1. The van der Waals surface area contributed by atoms with Crippen molar-refractivity contribution in [1.29, 1.82) is 5.26 Å². The minimum Gasteiger partial charge on any atom is -0.385 e. The Hall–Kier alpha value is -3.91. The normalized spacial score (nSPS) is 13.0. The van der Waals surface area contributed by atoms with Crippen molar-refractivity contribution in [2.45, 2.75) is 12.8 Å². The molecule has 0 spiro atoms. The van der Waals surface area contributed by atoms with Gasteiger partial charge in [-0.25, -0.2) is 4.98 Å². The summed E-state index contributed by atoms with van der Waals surface area (Å²) in [5.41, 5.74) is 6.58. The van der Waals surface area contributed by atoms with Gasteiger partial charge in [-0.1, -0.05) is 24.3 Å². The van der Waals surface area contributed by atoms with E-state index >= 15 is 0 Å². The lowest BCUT2D eigenvalue weighted by Gasteiger charge is -2.12. The molecule has 4 aromatic rings. The molecule has 146 valence electrons. The maximum atomic E-state index is 9.51. The van der Waals surface area contributed by atoms with Crippen molar-refractivity contribution in [3.05, 3.63) is 96.2 Å². The molecule has 0 unspecified atom stereocenters. The van der Waals surface area contributed by atoms with Crippen LogP contribution < -0.4 is 5.32 Å². The fourth-order valence-corrected chi connectivity index (χ4v) is 4.11. The van der Waals surface area contributed by atoms with E-state index in [4.69, 9.17) is 0 Å². The fraction of sp³-hybridized carbons (Fsp3) is 0.160. The maximum Gasteiger partial charge on any atom is 0.217 e. The van der Waals surface area contributed by atoms with Gasteiger partial charge in [0.2, 0.25) is 5.82 Å². The van der Waals surface area contributed by atoms with E-state index in [0.717, 1.165) is 42.0 Å². The smallest absolute Gasteiger partial charge is 0.217 e. The van der Waals surface area contributed by atoms with Crippen LogP contribution in [0.3, 0.4) is 0 Å². The third kappa shape index (κ3) is 3.56. The van der Waals surface area contributed by atoms with E-state index in [1.807, 2.05) is 35.0 Å². The van der Waals surface area contributed by atoms with Gasteiger partial charge in [0.1, 0.15) is 6.07 Å². The number of rotatable bonds is 5. The zero-order valence-electron chi connectivity index (χ0n) is 16.5. The van der Waals surface area contributed by atoms with Crippen molar-refractivity contribution in [3.8, 4) is 23.0 Å². The Kier molecular flexibility index (Phi) is 4.74. The molecule has 30 heavy (non-hydrogen) atoms. The van der Waals surface area contributed by atoms with Gasteiger partial charge in [0.25, 0.3) is 0 Å². The highest BCUT2D eigenvalue weighted by Gasteiger charge is 2.20. The summed E-state index contributed by atoms with van der Waals surface area (Å²) in [5, 5.41) is 13.1. The van der Waals surface area contributed by atoms with Crippen LogP contribution in [0.15, 0.2) is 79.3 Å². The Balaban J connectivity index is 1.29. The van der Waals surface area contributed by atoms with Gasteiger partial charge in [-0.2, -0.15) is 5.26 Å². The number of fused-ring (bicyclic) bond motifs is 1. The number of nitrogens with zero attached hydrogens (tertiary/aromatic N) is 4. The lowest BCUT2D eigenvalue weighted by atomic mass is 10.1. The van der Waals surface area contributed by atoms with Gasteiger partial charge in [-0.05, 0) is 66.3 Å². The monoisotopic (exact) mass is 391 g/mol. The topological polar surface area (TPSA) is 66.5 Å². The first kappa shape index (κ1) is 18.1. The summed E-state index contributed by atoms with van der Waals surface area (Å²) in [6.45, 7) is 0.952. The Labute approximate surface area is 175 Å². The first-order chi connectivity index (χ1) is 14.8. The SMILES string of the molecule is N#Cc1nc(-c2cccnc2)cn1-c1ccc(NCC2Cc3ccccc3C2)cc1. The zero-order chi connectivity index (χ0) is 20.3. The molecule has 5 nitrogen and oxygen atoms in total. The van der Waals surface area contributed by atoms with Crippen LogP contribution in [-0.4, -0.2) is 21.1 Å². The first-order valence-electron chi connectivity index (χ1n) is 10.1. The quantitative estimate of drug-likeness (QED) is 0.538. The number of hydrogen-bond acceptors (Lipinski definition) is 4. The van der Waals surface area contributed by atoms with E-state index in [2.05, 4.69) is 57.8 Å². The van der Waals surface area contributed by atoms with Crippen molar-refractivity contribution in [3.63, 3.8) is 0 Å². The number of pyridine rings is 1. The van der Waals surface area contributed by atoms with Crippen LogP contribution in [-0.2, 0) is 12.8 Å². The van der Waals surface area contributed by atoms with Gasteiger partial charge >= 0.3 is 0 Å². The van der Waals surface area contributed by atoms with Crippen LogP contribution in [0.1, 0.15) is 17.0 Å². The number of anilines is 1. The number of benzene rings is 2. The predicted octanol–water partition coefficient (Wildman–Crippen LogP) is 4.63. The molecule has 0 amide bonds. The van der Waals surface area contributed by atoms with Crippen molar-refractivity contribution in [1.82, 2.24) is 14.5 Å². The average Bonchev–Trinajstić information content (AvgIpc) is 3.42. The summed E-state index contributed by atoms with van der Waals surface area (Å²) < 4.78 is 1.82. The summed E-state index contributed by atoms with van der Waals surface area (Å²) >= 11 is 0. The number of nitrogens with one attached hydrogen (secondary N) is 1. The molecule has 0 radical (unpaired) electrons. The van der Waals surface area contributed by atoms with E-state index in [1.54, 1.807) is 12.4 Å². The maximum absolute atomic E-state index is 9.51. The summed E-state index contributed by atoms with van der Waals surface area (Å²) in [6, 6.07) is 22.9. The molecule has 2 heterocycles. The lowest BCUT2D eigenvalue weighted by molar-refractivity contribution is 0.594. The minimum absolute atomic E-state index is 0.360. The summed E-state index contributed by atoms with van der Waals surface area (Å²) in [5.74, 6) is 0.987. The van der Waals surface area contributed by atoms with Gasteiger partial charge in [-0.15, -0.1) is 0 Å². The highest BCUT2D eigenvalue weighted by molar-refractivity contribution is 5.59. The van der Waals surface area contributed by atoms with Crippen molar-refractivity contribution < 1.29 is 0 Å². The molecule has 2 aromatic heterocycles. The standard InChI is InChI=1S/C25H21N5/c26-14-25-29-24(21-6-3-11-27-16-21)17-30(25)23-9-7-22(8-10-23)28-15-18-12-19-4-1-2-5-20(19)13-18/h1-11,16-18,28H,12-13,15H2. The minimum atomic E-state index is 0.360. The molecular formula is C25H21N5. The van der Waals surface area contributed by atoms with Crippen LogP contribution in [0.25, 0.3) is 16.9 Å². The second-order valence-corrected chi connectivity index (χ2v) is 7.64. The molecule has 1 N–H and O–H groups in total. The second-order valence-electron chi connectivity index (χ2n) is 7.64. The Morgan fingerprint density at radius 1 is 1.00 bits per heavy atom. The van der Waals surface area contributed by atoms with Crippen LogP contribution in [0, 0.1) is 17.2 Å². The highest BCUT2D eigenvalue weighted by atomic mass is 15.1. The largest absolute Gasteiger partial charge is 0.385 e. The summed E-state index contributed by atoms with van der Waals surface area (Å²) in [6.07, 6.45) is 7.63. The molecule has 1 aliphatic rings. The average molecular weight is 391 g/mol. The van der Waals surface area contributed by atoms with E-state index in [0.29, 0.717) is 11.7 Å². The summed E-state index contributed by atoms with van der Waals surface area (Å²) in [4.78, 5) is 8.59. The molecule has 0 aliphatic heterocycles. The van der Waals surface area contributed by atoms with Crippen LogP contribution >= 0.6 is 0 Å². The molecule has 5 heteroatoms. The van der Waals surface area contributed by atoms with Crippen molar-refractivity contribution in [2.75, 3.05) is 11.9 Å². The predicted molar refractivity (Wildman–Crippen MR) is 117 cm³/mol. The fourth-order valence-electron chi connectivity index (χ4n) is 4.11. The molecule has 2 aromatic carbocycles. The molecular weight excluding hydrogens is 370 g/mol. The highest BCUT2D eigenvalue weighted by Crippen LogP contribution is 2.27. The first-order valence-corrected chi connectivity index (χ1v) is 10.1. The molecule has 0 fully saturated rings. The van der Waals surface area contributed by atoms with Gasteiger partial charge < -0.3 is 5.32 Å². The van der Waals surface area contributed by atoms with Crippen LogP contribution in [0.2, 0.25) is 0 Å². The van der Waals surface area contributed by atoms with E-state index in [9.17, 15) is 5.26 Å². The third-order valence-corrected chi connectivity index (χ3v) is 5.64. The Bertz CT molecular complexity index is 1180. The van der Waals surface area contributed by atoms with Crippen molar-refractivity contribution >= 4 is 5.69 Å². The van der Waals surface area contributed by atoms with E-state index < -0.39 is 0 Å². The summed E-state index contributed by atoms with van der Waals surface area (Å²) in [7, 11) is 0. The van der Waals surface area contributed by atoms with Gasteiger partial charge in [0.05, 0.1) is 5.69 Å². The van der Waals surface area contributed by atoms with Gasteiger partial charge in [0, 0.05) is 42.1 Å². The van der Waals surface area contributed by atoms with Gasteiger partial charge in [-0.3, -0.25) is 9.55 Å². The third-order valence-electron chi connectivity index (χ3n) is 5.64. The number of imidazole rings is 1. The van der Waals surface area contributed by atoms with E-state index in [1.165, 1.54) is 11.1 Å². The number of nitriles is 1. The van der Waals surface area contributed by atoms with Crippen LogP contribution in [0.4, 0.5) is 5.69 Å². The molecule has 0 saturated carbocycles. The molecule has 0 saturated heterocycles. The number of aromatic nitrogens is 3. The van der Waals surface area contributed by atoms with Crippen molar-refractivity contribution in [2.24, 2.45) is 5.92 Å². The molecule has 1 aliphatic carbocycles. The molecule has 5 rings (SSSR count). The molecule has 0 atom stereocenters. The van der Waals surface area contributed by atoms with Crippen LogP contribution in [0.5, 0.6) is 0 Å². The zero-order valence-corrected chi connectivity index (χ0v) is 16.5. The lowest BCUT2D eigenvalue weighted by Crippen LogP contribution is -2.14. The van der Waals surface area contributed by atoms with Gasteiger partial charge in [0.15, 0.2) is 0 Å².